The Labute approximate surface area is 159 Å². The van der Waals surface area contributed by atoms with Crippen LogP contribution in [0.4, 0.5) is 5.69 Å². The predicted molar refractivity (Wildman–Crippen MR) is 105 cm³/mol. The van der Waals surface area contributed by atoms with Crippen LogP contribution in [0.3, 0.4) is 0 Å². The molecule has 3 rings (SSSR count). The molecule has 7 heteroatoms. The van der Waals surface area contributed by atoms with E-state index in [1.807, 2.05) is 19.9 Å². The van der Waals surface area contributed by atoms with Gasteiger partial charge in [0.05, 0.1) is 17.3 Å². The molecule has 0 bridgehead atoms. The molecule has 0 unspecified atom stereocenters. The third-order valence-corrected chi connectivity index (χ3v) is 5.09. The van der Waals surface area contributed by atoms with Gasteiger partial charge in [-0.2, -0.15) is 5.26 Å². The lowest BCUT2D eigenvalue weighted by atomic mass is 9.94. The second-order valence-corrected chi connectivity index (χ2v) is 7.72. The summed E-state index contributed by atoms with van der Waals surface area (Å²) in [7, 11) is 0. The average Bonchev–Trinajstić information content (AvgIpc) is 2.65. The zero-order valence-electron chi connectivity index (χ0n) is 16.0. The maximum Gasteiger partial charge on any atom is 0.237 e. The highest BCUT2D eigenvalue weighted by Crippen LogP contribution is 2.30. The third-order valence-electron chi connectivity index (χ3n) is 5.09. The number of rotatable bonds is 4. The molecule has 1 aliphatic rings. The molecule has 1 aliphatic heterocycles. The van der Waals surface area contributed by atoms with Gasteiger partial charge in [0.1, 0.15) is 17.1 Å². The number of carbonyl (C=O) groups excluding carboxylic acids is 1. The topological polar surface area (TPSA) is 108 Å². The summed E-state index contributed by atoms with van der Waals surface area (Å²) in [6.07, 6.45) is 4.15. The first-order valence-electron chi connectivity index (χ1n) is 9.35. The second kappa shape index (κ2) is 7.89. The van der Waals surface area contributed by atoms with Crippen LogP contribution in [0.25, 0.3) is 11.0 Å². The fourth-order valence-electron chi connectivity index (χ4n) is 3.64. The molecule has 0 radical (unpaired) electrons. The van der Waals surface area contributed by atoms with Gasteiger partial charge in [-0.05, 0) is 30.4 Å². The zero-order chi connectivity index (χ0) is 19.6. The van der Waals surface area contributed by atoms with Gasteiger partial charge < -0.3 is 16.0 Å². The normalized spacial score (nSPS) is 21.1. The number of nitrogens with zero attached hydrogens (tertiary/aromatic N) is 4. The van der Waals surface area contributed by atoms with Gasteiger partial charge in [-0.1, -0.05) is 20.8 Å². The van der Waals surface area contributed by atoms with Crippen LogP contribution in [-0.4, -0.2) is 41.0 Å². The van der Waals surface area contributed by atoms with Crippen LogP contribution >= 0.6 is 0 Å². The van der Waals surface area contributed by atoms with E-state index >= 15 is 0 Å². The van der Waals surface area contributed by atoms with Crippen LogP contribution in [0, 0.1) is 23.2 Å². The molecule has 3 atom stereocenters. The summed E-state index contributed by atoms with van der Waals surface area (Å²) in [6, 6.07) is 5.40. The number of aromatic nitrogens is 2. The lowest BCUT2D eigenvalue weighted by Crippen LogP contribution is -2.54. The Bertz CT molecular complexity index is 874. The number of benzene rings is 1. The molecule has 7 nitrogen and oxygen atoms in total. The smallest absolute Gasteiger partial charge is 0.237 e. The quantitative estimate of drug-likeness (QED) is 0.854. The van der Waals surface area contributed by atoms with E-state index in [-0.39, 0.29) is 17.9 Å². The Morgan fingerprint density at radius 2 is 2.00 bits per heavy atom. The minimum Gasteiger partial charge on any atom is -0.367 e. The van der Waals surface area contributed by atoms with Crippen LogP contribution in [0.5, 0.6) is 0 Å². The molecule has 1 aromatic carbocycles. The molecule has 1 amide bonds. The van der Waals surface area contributed by atoms with Crippen molar-refractivity contribution in [3.05, 3.63) is 30.1 Å². The first-order chi connectivity index (χ1) is 12.9. The van der Waals surface area contributed by atoms with E-state index in [0.717, 1.165) is 24.2 Å². The number of nitrogens with two attached hydrogens (primary N) is 1. The molecule has 0 saturated carbocycles. The highest BCUT2D eigenvalue weighted by atomic mass is 16.2. The van der Waals surface area contributed by atoms with Gasteiger partial charge in [-0.25, -0.2) is 0 Å². The predicted octanol–water partition coefficient (Wildman–Crippen LogP) is 1.82. The standard InChI is InChI=1S/C20H26N6O/c1-12(2)17(22)20(27)25-15-8-13(3)10-26(11-15)16-5-4-14(9-21)18-19(16)24-7-6-23-18/h4-7,12-13,15,17H,8,10-11,22H2,1-3H3,(H,25,27)/t13-,15-,17-/m1/s1. The molecule has 2 aromatic rings. The Morgan fingerprint density at radius 1 is 1.30 bits per heavy atom. The van der Waals surface area contributed by atoms with E-state index in [9.17, 15) is 10.1 Å². The first kappa shape index (κ1) is 19.1. The van der Waals surface area contributed by atoms with Crippen LogP contribution < -0.4 is 16.0 Å². The van der Waals surface area contributed by atoms with Gasteiger partial charge in [0.25, 0.3) is 0 Å². The Morgan fingerprint density at radius 3 is 2.67 bits per heavy atom. The van der Waals surface area contributed by atoms with Crippen molar-refractivity contribution < 1.29 is 4.79 Å². The SMILES string of the molecule is CC(C)[C@@H](N)C(=O)N[C@@H]1C[C@@H](C)CN(c2ccc(C#N)c3nccnc23)C1. The van der Waals surface area contributed by atoms with E-state index < -0.39 is 6.04 Å². The monoisotopic (exact) mass is 366 g/mol. The fourth-order valence-corrected chi connectivity index (χ4v) is 3.64. The summed E-state index contributed by atoms with van der Waals surface area (Å²) in [5, 5.41) is 12.4. The molecule has 2 heterocycles. The molecule has 27 heavy (non-hydrogen) atoms. The largest absolute Gasteiger partial charge is 0.367 e. The summed E-state index contributed by atoms with van der Waals surface area (Å²) in [6.45, 7) is 7.60. The molecule has 0 spiro atoms. The van der Waals surface area contributed by atoms with Crippen molar-refractivity contribution >= 4 is 22.6 Å². The summed E-state index contributed by atoms with van der Waals surface area (Å²) < 4.78 is 0. The van der Waals surface area contributed by atoms with Crippen molar-refractivity contribution in [2.75, 3.05) is 18.0 Å². The number of nitriles is 1. The Hall–Kier alpha value is -2.72. The van der Waals surface area contributed by atoms with Crippen molar-refractivity contribution in [3.63, 3.8) is 0 Å². The molecule has 1 aromatic heterocycles. The van der Waals surface area contributed by atoms with Gasteiger partial charge in [0.15, 0.2) is 0 Å². The highest BCUT2D eigenvalue weighted by Gasteiger charge is 2.29. The van der Waals surface area contributed by atoms with Crippen molar-refractivity contribution in [1.29, 1.82) is 5.26 Å². The lowest BCUT2D eigenvalue weighted by molar-refractivity contribution is -0.124. The number of anilines is 1. The number of hydrogen-bond donors (Lipinski definition) is 2. The van der Waals surface area contributed by atoms with Crippen molar-refractivity contribution in [1.82, 2.24) is 15.3 Å². The molecule has 0 aliphatic carbocycles. The van der Waals surface area contributed by atoms with Gasteiger partial charge in [0.2, 0.25) is 5.91 Å². The maximum absolute atomic E-state index is 12.4. The number of amides is 1. The van der Waals surface area contributed by atoms with Crippen LogP contribution in [0.2, 0.25) is 0 Å². The Balaban J connectivity index is 1.86. The number of hydrogen-bond acceptors (Lipinski definition) is 6. The second-order valence-electron chi connectivity index (χ2n) is 7.72. The third kappa shape index (κ3) is 4.01. The molecule has 142 valence electrons. The average molecular weight is 366 g/mol. The van der Waals surface area contributed by atoms with Gasteiger partial charge in [-0.15, -0.1) is 0 Å². The maximum atomic E-state index is 12.4. The number of nitrogens with one attached hydrogen (secondary N) is 1. The summed E-state index contributed by atoms with van der Waals surface area (Å²) >= 11 is 0. The van der Waals surface area contributed by atoms with Gasteiger partial charge in [0, 0.05) is 31.5 Å². The molecular formula is C20H26N6O. The lowest BCUT2D eigenvalue weighted by Gasteiger charge is -2.39. The van der Waals surface area contributed by atoms with E-state index in [2.05, 4.69) is 33.2 Å². The highest BCUT2D eigenvalue weighted by molar-refractivity contribution is 5.92. The molecule has 1 saturated heterocycles. The summed E-state index contributed by atoms with van der Waals surface area (Å²) in [4.78, 5) is 23.4. The van der Waals surface area contributed by atoms with Crippen LogP contribution in [0.1, 0.15) is 32.8 Å². The van der Waals surface area contributed by atoms with Crippen molar-refractivity contribution in [2.24, 2.45) is 17.6 Å². The van der Waals surface area contributed by atoms with E-state index in [1.165, 1.54) is 0 Å². The molecule has 1 fully saturated rings. The minimum absolute atomic E-state index is 0.0217. The number of piperidine rings is 1. The number of fused-ring (bicyclic) bond motifs is 1. The fraction of sp³-hybridized carbons (Fsp3) is 0.500. The molecular weight excluding hydrogens is 340 g/mol. The Kier molecular flexibility index (Phi) is 5.57. The van der Waals surface area contributed by atoms with Crippen LogP contribution in [0.15, 0.2) is 24.5 Å². The van der Waals surface area contributed by atoms with Crippen LogP contribution in [-0.2, 0) is 4.79 Å². The van der Waals surface area contributed by atoms with Gasteiger partial charge in [-0.3, -0.25) is 14.8 Å². The van der Waals surface area contributed by atoms with E-state index in [4.69, 9.17) is 5.73 Å². The van der Waals surface area contributed by atoms with Gasteiger partial charge >= 0.3 is 0 Å². The molecule has 3 N–H and O–H groups in total. The zero-order valence-corrected chi connectivity index (χ0v) is 16.0. The summed E-state index contributed by atoms with van der Waals surface area (Å²) in [5.74, 6) is 0.398. The minimum atomic E-state index is -0.503. The van der Waals surface area contributed by atoms with E-state index in [1.54, 1.807) is 18.5 Å². The van der Waals surface area contributed by atoms with Crippen molar-refractivity contribution in [3.8, 4) is 6.07 Å². The van der Waals surface area contributed by atoms with Crippen molar-refractivity contribution in [2.45, 2.75) is 39.3 Å². The number of carbonyl (C=O) groups is 1. The van der Waals surface area contributed by atoms with E-state index in [0.29, 0.717) is 23.5 Å². The summed E-state index contributed by atoms with van der Waals surface area (Å²) in [5.41, 5.74) is 8.77. The first-order valence-corrected chi connectivity index (χ1v) is 9.35.